The average molecular weight is 241 g/mol. The van der Waals surface area contributed by atoms with E-state index in [1.807, 2.05) is 0 Å². The fraction of sp³-hybridized carbons (Fsp3) is 0.556. The van der Waals surface area contributed by atoms with E-state index in [9.17, 15) is 10.1 Å². The predicted octanol–water partition coefficient (Wildman–Crippen LogP) is 1.24. The summed E-state index contributed by atoms with van der Waals surface area (Å²) in [7, 11) is 0. The summed E-state index contributed by atoms with van der Waals surface area (Å²) in [5.74, 6) is 5.14. The van der Waals surface area contributed by atoms with Crippen LogP contribution in [0.4, 0.5) is 11.6 Å². The number of hydrogen-bond acceptors (Lipinski definition) is 7. The lowest BCUT2D eigenvalue weighted by Gasteiger charge is -2.06. The first kappa shape index (κ1) is 13.1. The van der Waals surface area contributed by atoms with E-state index in [1.54, 1.807) is 0 Å². The molecule has 94 valence electrons. The van der Waals surface area contributed by atoms with Crippen LogP contribution in [-0.2, 0) is 0 Å². The zero-order valence-corrected chi connectivity index (χ0v) is 9.55. The second kappa shape index (κ2) is 6.59. The van der Waals surface area contributed by atoms with E-state index in [-0.39, 0.29) is 17.5 Å². The molecule has 0 saturated heterocycles. The molecule has 0 saturated carbocycles. The van der Waals surface area contributed by atoms with Gasteiger partial charge in [0.2, 0.25) is 5.95 Å². The van der Waals surface area contributed by atoms with Crippen molar-refractivity contribution in [2.75, 3.05) is 12.0 Å². The molecule has 1 aromatic heterocycles. The summed E-state index contributed by atoms with van der Waals surface area (Å²) in [6.07, 6.45) is 3.94. The molecule has 3 N–H and O–H groups in total. The minimum atomic E-state index is -0.588. The number of aromatic nitrogens is 2. The Morgan fingerprint density at radius 3 is 2.94 bits per heavy atom. The molecule has 1 aromatic rings. The smallest absolute Gasteiger partial charge is 0.349 e. The van der Waals surface area contributed by atoms with Gasteiger partial charge in [0.05, 0.1) is 11.5 Å². The molecule has 0 spiro atoms. The molecule has 0 bridgehead atoms. The molecular weight excluding hydrogens is 226 g/mol. The predicted molar refractivity (Wildman–Crippen MR) is 61.5 cm³/mol. The van der Waals surface area contributed by atoms with Crippen molar-refractivity contribution in [2.24, 2.45) is 5.84 Å². The SMILES string of the molecule is CCCCCOc1nc(NN)ncc1[N+](=O)[O-]. The standard InChI is InChI=1S/C9H15N5O3/c1-2-3-4-5-17-8-7(14(15)16)6-11-9(12-8)13-10/h6H,2-5,10H2,1H3,(H,11,12,13). The minimum absolute atomic E-state index is 0.0611. The van der Waals surface area contributed by atoms with Gasteiger partial charge in [-0.1, -0.05) is 19.8 Å². The van der Waals surface area contributed by atoms with Crippen molar-refractivity contribution >= 4 is 11.6 Å². The first-order valence-corrected chi connectivity index (χ1v) is 5.30. The molecule has 0 amide bonds. The van der Waals surface area contributed by atoms with Crippen molar-refractivity contribution in [1.29, 1.82) is 0 Å². The summed E-state index contributed by atoms with van der Waals surface area (Å²) in [5, 5.41) is 10.7. The summed E-state index contributed by atoms with van der Waals surface area (Å²) >= 11 is 0. The van der Waals surface area contributed by atoms with Crippen LogP contribution in [0.5, 0.6) is 5.88 Å². The maximum absolute atomic E-state index is 10.7. The monoisotopic (exact) mass is 241 g/mol. The molecule has 0 aliphatic heterocycles. The van der Waals surface area contributed by atoms with Gasteiger partial charge in [-0.3, -0.25) is 15.5 Å². The third-order valence-corrected chi connectivity index (χ3v) is 2.05. The number of anilines is 1. The van der Waals surface area contributed by atoms with Crippen LogP contribution in [0.1, 0.15) is 26.2 Å². The van der Waals surface area contributed by atoms with Crippen LogP contribution < -0.4 is 16.0 Å². The second-order valence-corrected chi connectivity index (χ2v) is 3.34. The molecule has 0 aliphatic carbocycles. The largest absolute Gasteiger partial charge is 0.473 e. The van der Waals surface area contributed by atoms with Crippen LogP contribution >= 0.6 is 0 Å². The van der Waals surface area contributed by atoms with Crippen molar-refractivity contribution in [2.45, 2.75) is 26.2 Å². The van der Waals surface area contributed by atoms with E-state index < -0.39 is 4.92 Å². The molecule has 17 heavy (non-hydrogen) atoms. The number of nitro groups is 1. The van der Waals surface area contributed by atoms with Gasteiger partial charge < -0.3 is 4.74 Å². The fourth-order valence-electron chi connectivity index (χ4n) is 1.18. The molecule has 0 aliphatic rings. The van der Waals surface area contributed by atoms with Crippen LogP contribution in [0.25, 0.3) is 0 Å². The number of nitrogen functional groups attached to an aromatic ring is 1. The zero-order valence-electron chi connectivity index (χ0n) is 9.55. The van der Waals surface area contributed by atoms with Gasteiger partial charge in [0.25, 0.3) is 5.88 Å². The molecular formula is C9H15N5O3. The number of rotatable bonds is 7. The Hall–Kier alpha value is -1.96. The van der Waals surface area contributed by atoms with Gasteiger partial charge in [-0.05, 0) is 6.42 Å². The Kier molecular flexibility index (Phi) is 5.08. The van der Waals surface area contributed by atoms with Crippen LogP contribution in [-0.4, -0.2) is 21.5 Å². The molecule has 0 radical (unpaired) electrons. The summed E-state index contributed by atoms with van der Waals surface area (Å²) in [5.41, 5.74) is 1.95. The fourth-order valence-corrected chi connectivity index (χ4v) is 1.18. The highest BCUT2D eigenvalue weighted by Crippen LogP contribution is 2.24. The third kappa shape index (κ3) is 3.83. The van der Waals surface area contributed by atoms with Gasteiger partial charge >= 0.3 is 5.69 Å². The maximum atomic E-state index is 10.7. The first-order valence-electron chi connectivity index (χ1n) is 5.30. The lowest BCUT2D eigenvalue weighted by Crippen LogP contribution is -2.12. The lowest BCUT2D eigenvalue weighted by atomic mass is 10.3. The summed E-state index contributed by atoms with van der Waals surface area (Å²) < 4.78 is 5.25. The van der Waals surface area contributed by atoms with E-state index in [0.29, 0.717) is 6.61 Å². The number of hydrogen-bond donors (Lipinski definition) is 2. The topological polar surface area (TPSA) is 116 Å². The van der Waals surface area contributed by atoms with Gasteiger partial charge in [0.1, 0.15) is 6.20 Å². The number of unbranched alkanes of at least 4 members (excludes halogenated alkanes) is 2. The van der Waals surface area contributed by atoms with E-state index >= 15 is 0 Å². The summed E-state index contributed by atoms with van der Waals surface area (Å²) in [6.45, 7) is 2.44. The van der Waals surface area contributed by atoms with Crippen molar-refractivity contribution in [3.8, 4) is 5.88 Å². The molecule has 0 unspecified atom stereocenters. The number of nitrogens with two attached hydrogens (primary N) is 1. The highest BCUT2D eigenvalue weighted by Gasteiger charge is 2.18. The zero-order chi connectivity index (χ0) is 12.7. The number of hydrazine groups is 1. The van der Waals surface area contributed by atoms with Crippen molar-refractivity contribution in [3.05, 3.63) is 16.3 Å². The Morgan fingerprint density at radius 2 is 2.35 bits per heavy atom. The molecule has 0 fully saturated rings. The van der Waals surface area contributed by atoms with Gasteiger partial charge in [0, 0.05) is 0 Å². The van der Waals surface area contributed by atoms with Gasteiger partial charge in [-0.15, -0.1) is 0 Å². The van der Waals surface area contributed by atoms with Crippen molar-refractivity contribution in [1.82, 2.24) is 9.97 Å². The molecule has 8 nitrogen and oxygen atoms in total. The molecule has 8 heteroatoms. The second-order valence-electron chi connectivity index (χ2n) is 3.34. The number of nitrogens with one attached hydrogen (secondary N) is 1. The number of ether oxygens (including phenoxy) is 1. The molecule has 0 atom stereocenters. The van der Waals surface area contributed by atoms with E-state index in [1.165, 1.54) is 0 Å². The van der Waals surface area contributed by atoms with E-state index in [4.69, 9.17) is 10.6 Å². The normalized spacial score (nSPS) is 10.0. The quantitative estimate of drug-likeness (QED) is 0.319. The Bertz CT molecular complexity index is 385. The van der Waals surface area contributed by atoms with E-state index in [0.717, 1.165) is 25.5 Å². The van der Waals surface area contributed by atoms with E-state index in [2.05, 4.69) is 22.3 Å². The molecule has 1 heterocycles. The van der Waals surface area contributed by atoms with Crippen LogP contribution in [0, 0.1) is 10.1 Å². The Morgan fingerprint density at radius 1 is 1.59 bits per heavy atom. The Labute approximate surface area is 98.3 Å². The Balaban J connectivity index is 2.75. The average Bonchev–Trinajstić information content (AvgIpc) is 2.34. The van der Waals surface area contributed by atoms with Gasteiger partial charge in [-0.2, -0.15) is 4.98 Å². The van der Waals surface area contributed by atoms with Gasteiger partial charge in [-0.25, -0.2) is 10.8 Å². The summed E-state index contributed by atoms with van der Waals surface area (Å²) in [6, 6.07) is 0. The first-order chi connectivity index (χ1) is 8.19. The highest BCUT2D eigenvalue weighted by molar-refractivity contribution is 5.42. The molecule has 0 aromatic carbocycles. The highest BCUT2D eigenvalue weighted by atomic mass is 16.6. The lowest BCUT2D eigenvalue weighted by molar-refractivity contribution is -0.386. The van der Waals surface area contributed by atoms with Crippen molar-refractivity contribution < 1.29 is 9.66 Å². The third-order valence-electron chi connectivity index (χ3n) is 2.05. The van der Waals surface area contributed by atoms with Crippen LogP contribution in [0.3, 0.4) is 0 Å². The van der Waals surface area contributed by atoms with Crippen LogP contribution in [0.15, 0.2) is 6.20 Å². The van der Waals surface area contributed by atoms with Crippen molar-refractivity contribution in [3.63, 3.8) is 0 Å². The van der Waals surface area contributed by atoms with Gasteiger partial charge in [0.15, 0.2) is 0 Å². The summed E-state index contributed by atoms with van der Waals surface area (Å²) in [4.78, 5) is 17.6. The minimum Gasteiger partial charge on any atom is -0.473 e. The maximum Gasteiger partial charge on any atom is 0.349 e. The number of nitrogens with zero attached hydrogens (tertiary/aromatic N) is 3. The molecule has 1 rings (SSSR count). The van der Waals surface area contributed by atoms with Crippen LogP contribution in [0.2, 0.25) is 0 Å².